The molecular weight excluding hydrogens is 398 g/mol. The number of rotatable bonds is 6. The average Bonchev–Trinajstić information content (AvgIpc) is 3.18. The summed E-state index contributed by atoms with van der Waals surface area (Å²) in [7, 11) is 3.76. The third-order valence-electron chi connectivity index (χ3n) is 4.97. The Kier molecular flexibility index (Phi) is 6.03. The van der Waals surface area contributed by atoms with Crippen LogP contribution in [-0.4, -0.2) is 56.9 Å². The van der Waals surface area contributed by atoms with Gasteiger partial charge in [-0.3, -0.25) is 4.57 Å². The van der Waals surface area contributed by atoms with Crippen molar-refractivity contribution in [2.75, 3.05) is 42.7 Å². The Bertz CT molecular complexity index is 983. The van der Waals surface area contributed by atoms with Crippen LogP contribution >= 0.6 is 11.8 Å². The number of nitrogens with zero attached hydrogens (tertiary/aromatic N) is 8. The molecule has 30 heavy (non-hydrogen) atoms. The number of para-hydroxylation sites is 1. The predicted octanol–water partition coefficient (Wildman–Crippen LogP) is 2.94. The fraction of sp³-hybridized carbons (Fsp3) is 0.450. The molecule has 0 radical (unpaired) electrons. The van der Waals surface area contributed by atoms with Crippen LogP contribution in [0.3, 0.4) is 0 Å². The van der Waals surface area contributed by atoms with Crippen LogP contribution in [0.25, 0.3) is 5.69 Å². The van der Waals surface area contributed by atoms with E-state index in [1.807, 2.05) is 44.1 Å². The maximum Gasteiger partial charge on any atom is 0.232 e. The zero-order valence-corrected chi connectivity index (χ0v) is 18.4. The number of thioether (sulfide) groups is 1. The highest BCUT2D eigenvalue weighted by Crippen LogP contribution is 2.36. The first-order chi connectivity index (χ1) is 14.5. The number of hydrogen-bond donors (Lipinski definition) is 1. The van der Waals surface area contributed by atoms with Crippen LogP contribution in [0.5, 0.6) is 0 Å². The lowest BCUT2D eigenvalue weighted by Crippen LogP contribution is -2.31. The standard InChI is InChI=1S/C20H27N9S/c1-14(16-22-17(21)24-18(23-16)27(2)3)30-20-26-25-19(28-12-8-5-9-13-28)29(20)15-10-6-4-7-11-15/h4,6-7,10-11,14H,5,8-9,12-13H2,1-3H3,(H2,21,22,23,24). The molecule has 1 aliphatic heterocycles. The summed E-state index contributed by atoms with van der Waals surface area (Å²) in [5.74, 6) is 2.27. The van der Waals surface area contributed by atoms with Gasteiger partial charge in [0.15, 0.2) is 5.16 Å². The molecule has 1 saturated heterocycles. The lowest BCUT2D eigenvalue weighted by molar-refractivity contribution is 0.564. The SMILES string of the molecule is CC(Sc1nnc(N2CCCCC2)n1-c1ccccc1)c1nc(N)nc(N(C)C)n1. The Hall–Kier alpha value is -2.88. The van der Waals surface area contributed by atoms with Gasteiger partial charge in [0.25, 0.3) is 0 Å². The van der Waals surface area contributed by atoms with Crippen LogP contribution in [0.15, 0.2) is 35.5 Å². The molecule has 3 aromatic rings. The molecule has 10 heteroatoms. The van der Waals surface area contributed by atoms with Crippen LogP contribution in [0, 0.1) is 0 Å². The molecule has 2 N–H and O–H groups in total. The highest BCUT2D eigenvalue weighted by molar-refractivity contribution is 7.99. The first-order valence-corrected chi connectivity index (χ1v) is 11.0. The second-order valence-electron chi connectivity index (χ2n) is 7.51. The van der Waals surface area contributed by atoms with Gasteiger partial charge in [0.2, 0.25) is 17.8 Å². The largest absolute Gasteiger partial charge is 0.368 e. The van der Waals surface area contributed by atoms with Gasteiger partial charge in [-0.2, -0.15) is 15.0 Å². The van der Waals surface area contributed by atoms with Gasteiger partial charge in [-0.1, -0.05) is 30.0 Å². The van der Waals surface area contributed by atoms with E-state index < -0.39 is 0 Å². The Morgan fingerprint density at radius 2 is 1.73 bits per heavy atom. The zero-order chi connectivity index (χ0) is 21.1. The summed E-state index contributed by atoms with van der Waals surface area (Å²) < 4.78 is 2.13. The first-order valence-electron chi connectivity index (χ1n) is 10.1. The van der Waals surface area contributed by atoms with E-state index in [0.29, 0.717) is 11.8 Å². The fourth-order valence-electron chi connectivity index (χ4n) is 3.43. The van der Waals surface area contributed by atoms with E-state index in [4.69, 9.17) is 5.73 Å². The maximum atomic E-state index is 5.91. The minimum atomic E-state index is -0.0742. The van der Waals surface area contributed by atoms with Crippen LogP contribution < -0.4 is 15.5 Å². The number of piperidine rings is 1. The van der Waals surface area contributed by atoms with Crippen molar-refractivity contribution in [2.45, 2.75) is 36.6 Å². The molecule has 0 bridgehead atoms. The molecule has 0 saturated carbocycles. The molecule has 1 unspecified atom stereocenters. The molecule has 1 atom stereocenters. The quantitative estimate of drug-likeness (QED) is 0.597. The van der Waals surface area contributed by atoms with Crippen molar-refractivity contribution in [3.63, 3.8) is 0 Å². The summed E-state index contributed by atoms with van der Waals surface area (Å²) in [6.07, 6.45) is 3.62. The van der Waals surface area contributed by atoms with Crippen molar-refractivity contribution >= 4 is 29.6 Å². The summed E-state index contributed by atoms with van der Waals surface area (Å²) in [6.45, 7) is 4.05. The van der Waals surface area contributed by atoms with Gasteiger partial charge in [-0.25, -0.2) is 0 Å². The lowest BCUT2D eigenvalue weighted by Gasteiger charge is -2.28. The minimum absolute atomic E-state index is 0.0742. The molecule has 1 aliphatic rings. The number of anilines is 3. The molecule has 4 rings (SSSR count). The molecule has 1 fully saturated rings. The Balaban J connectivity index is 1.68. The first kappa shape index (κ1) is 20.4. The van der Waals surface area contributed by atoms with E-state index >= 15 is 0 Å². The lowest BCUT2D eigenvalue weighted by atomic mass is 10.1. The normalized spacial score (nSPS) is 15.2. The van der Waals surface area contributed by atoms with E-state index in [9.17, 15) is 0 Å². The predicted molar refractivity (Wildman–Crippen MR) is 120 cm³/mol. The zero-order valence-electron chi connectivity index (χ0n) is 17.6. The van der Waals surface area contributed by atoms with Gasteiger partial charge in [0.05, 0.1) is 10.9 Å². The smallest absolute Gasteiger partial charge is 0.232 e. The summed E-state index contributed by atoms with van der Waals surface area (Å²) in [5.41, 5.74) is 6.96. The number of hydrogen-bond acceptors (Lipinski definition) is 9. The summed E-state index contributed by atoms with van der Waals surface area (Å²) >= 11 is 1.57. The van der Waals surface area contributed by atoms with Crippen LogP contribution in [0.4, 0.5) is 17.8 Å². The Morgan fingerprint density at radius 1 is 1.00 bits per heavy atom. The molecule has 0 amide bonds. The maximum absolute atomic E-state index is 5.91. The van der Waals surface area contributed by atoms with E-state index in [0.717, 1.165) is 29.9 Å². The van der Waals surface area contributed by atoms with E-state index in [1.54, 1.807) is 11.8 Å². The van der Waals surface area contributed by atoms with Crippen molar-refractivity contribution in [2.24, 2.45) is 0 Å². The minimum Gasteiger partial charge on any atom is -0.368 e. The number of benzene rings is 1. The number of aromatic nitrogens is 6. The van der Waals surface area contributed by atoms with Crippen molar-refractivity contribution in [3.8, 4) is 5.69 Å². The fourth-order valence-corrected chi connectivity index (χ4v) is 4.34. The molecular formula is C20H27N9S. The number of nitrogens with two attached hydrogens (primary N) is 1. The third-order valence-corrected chi connectivity index (χ3v) is 6.01. The van der Waals surface area contributed by atoms with Gasteiger partial charge in [0, 0.05) is 27.2 Å². The van der Waals surface area contributed by atoms with Crippen molar-refractivity contribution in [1.29, 1.82) is 0 Å². The summed E-state index contributed by atoms with van der Waals surface area (Å²) in [5, 5.41) is 9.82. The topological polar surface area (TPSA) is 102 Å². The van der Waals surface area contributed by atoms with Gasteiger partial charge >= 0.3 is 0 Å². The Morgan fingerprint density at radius 3 is 2.43 bits per heavy atom. The summed E-state index contributed by atoms with van der Waals surface area (Å²) in [4.78, 5) is 17.2. The van der Waals surface area contributed by atoms with Crippen molar-refractivity contribution < 1.29 is 0 Å². The average molecular weight is 426 g/mol. The molecule has 2 aromatic heterocycles. The van der Waals surface area contributed by atoms with E-state index in [-0.39, 0.29) is 11.2 Å². The second kappa shape index (κ2) is 8.86. The second-order valence-corrected chi connectivity index (χ2v) is 8.82. The third kappa shape index (κ3) is 4.33. The van der Waals surface area contributed by atoms with Crippen molar-refractivity contribution in [1.82, 2.24) is 29.7 Å². The molecule has 0 aliphatic carbocycles. The molecule has 158 valence electrons. The van der Waals surface area contributed by atoms with Gasteiger partial charge in [-0.15, -0.1) is 10.2 Å². The monoisotopic (exact) mass is 425 g/mol. The number of nitrogen functional groups attached to an aromatic ring is 1. The van der Waals surface area contributed by atoms with Gasteiger partial charge in [0.1, 0.15) is 5.82 Å². The highest BCUT2D eigenvalue weighted by atomic mass is 32.2. The van der Waals surface area contributed by atoms with E-state index in [2.05, 4.69) is 46.7 Å². The molecule has 1 aromatic carbocycles. The Labute approximate surface area is 180 Å². The molecule has 9 nitrogen and oxygen atoms in total. The van der Waals surface area contributed by atoms with Crippen LogP contribution in [0.1, 0.15) is 37.3 Å². The highest BCUT2D eigenvalue weighted by Gasteiger charge is 2.24. The van der Waals surface area contributed by atoms with Crippen molar-refractivity contribution in [3.05, 3.63) is 36.2 Å². The molecule has 3 heterocycles. The van der Waals surface area contributed by atoms with Gasteiger partial charge in [-0.05, 0) is 38.3 Å². The molecule has 0 spiro atoms. The summed E-state index contributed by atoms with van der Waals surface area (Å²) in [6, 6.07) is 10.2. The van der Waals surface area contributed by atoms with E-state index in [1.165, 1.54) is 19.3 Å². The van der Waals surface area contributed by atoms with Crippen LogP contribution in [0.2, 0.25) is 0 Å². The van der Waals surface area contributed by atoms with Crippen LogP contribution in [-0.2, 0) is 0 Å². The van der Waals surface area contributed by atoms with Gasteiger partial charge < -0.3 is 15.5 Å².